The van der Waals surface area contributed by atoms with Crippen molar-refractivity contribution in [3.8, 4) is 0 Å². The minimum absolute atomic E-state index is 0.158. The number of amides is 1. The monoisotopic (exact) mass is 303 g/mol. The maximum Gasteiger partial charge on any atom is 0.338 e. The molecule has 0 saturated carbocycles. The number of benzene rings is 1. The average Bonchev–Trinajstić information content (AvgIpc) is 3.02. The molecule has 0 bridgehead atoms. The first kappa shape index (κ1) is 15.3. The molecule has 1 amide bonds. The van der Waals surface area contributed by atoms with E-state index in [4.69, 9.17) is 4.74 Å². The third kappa shape index (κ3) is 4.43. The Labute approximate surface area is 127 Å². The van der Waals surface area contributed by atoms with Gasteiger partial charge in [0.2, 0.25) is 0 Å². The molecule has 2 aromatic rings. The molecular formula is C16H17NO3S. The molecular weight excluding hydrogens is 286 g/mol. The standard InChI is InChI=1S/C16H17NO3S/c1-2-3-9-20-16(19)12-4-6-14(7-5-12)17-15(18)13-8-10-21-11-13/h4-8,10-11H,2-3,9H2,1H3,(H,17,18). The second-order valence-corrected chi connectivity index (χ2v) is 5.31. The molecule has 0 aliphatic rings. The van der Waals surface area contributed by atoms with Crippen molar-refractivity contribution in [3.63, 3.8) is 0 Å². The Morgan fingerprint density at radius 3 is 2.52 bits per heavy atom. The van der Waals surface area contributed by atoms with Gasteiger partial charge in [-0.3, -0.25) is 4.79 Å². The number of carbonyl (C=O) groups excluding carboxylic acids is 2. The van der Waals surface area contributed by atoms with E-state index in [2.05, 4.69) is 5.32 Å². The fraction of sp³-hybridized carbons (Fsp3) is 0.250. The lowest BCUT2D eigenvalue weighted by molar-refractivity contribution is 0.0499. The fourth-order valence-corrected chi connectivity index (χ4v) is 2.32. The van der Waals surface area contributed by atoms with Gasteiger partial charge >= 0.3 is 5.97 Å². The molecule has 4 nitrogen and oxygen atoms in total. The fourth-order valence-electron chi connectivity index (χ4n) is 1.68. The van der Waals surface area contributed by atoms with E-state index in [1.54, 1.807) is 35.7 Å². The zero-order chi connectivity index (χ0) is 15.1. The predicted molar refractivity (Wildman–Crippen MR) is 83.9 cm³/mol. The number of hydrogen-bond donors (Lipinski definition) is 1. The second-order valence-electron chi connectivity index (χ2n) is 4.53. The molecule has 0 unspecified atom stereocenters. The van der Waals surface area contributed by atoms with Gasteiger partial charge in [0.05, 0.1) is 17.7 Å². The van der Waals surface area contributed by atoms with Gasteiger partial charge in [0.25, 0.3) is 5.91 Å². The zero-order valence-electron chi connectivity index (χ0n) is 11.8. The molecule has 0 aliphatic heterocycles. The summed E-state index contributed by atoms with van der Waals surface area (Å²) in [6, 6.07) is 8.45. The number of rotatable bonds is 6. The van der Waals surface area contributed by atoms with Crippen LogP contribution >= 0.6 is 11.3 Å². The van der Waals surface area contributed by atoms with Crippen LogP contribution in [0.15, 0.2) is 41.1 Å². The lowest BCUT2D eigenvalue weighted by Gasteiger charge is -2.06. The molecule has 0 radical (unpaired) electrons. The summed E-state index contributed by atoms with van der Waals surface area (Å²) >= 11 is 1.47. The Morgan fingerprint density at radius 1 is 1.14 bits per heavy atom. The lowest BCUT2D eigenvalue weighted by atomic mass is 10.2. The van der Waals surface area contributed by atoms with Crippen LogP contribution in [0.2, 0.25) is 0 Å². The van der Waals surface area contributed by atoms with Crippen LogP contribution in [0.4, 0.5) is 5.69 Å². The van der Waals surface area contributed by atoms with Crippen LogP contribution in [-0.2, 0) is 4.74 Å². The molecule has 1 aromatic heterocycles. The van der Waals surface area contributed by atoms with Crippen molar-refractivity contribution in [1.82, 2.24) is 0 Å². The van der Waals surface area contributed by atoms with Gasteiger partial charge in [-0.25, -0.2) is 4.79 Å². The topological polar surface area (TPSA) is 55.4 Å². The van der Waals surface area contributed by atoms with E-state index in [1.807, 2.05) is 12.3 Å². The van der Waals surface area contributed by atoms with E-state index >= 15 is 0 Å². The number of carbonyl (C=O) groups is 2. The molecule has 1 heterocycles. The Balaban J connectivity index is 1.92. The average molecular weight is 303 g/mol. The molecule has 0 aliphatic carbocycles. The highest BCUT2D eigenvalue weighted by Gasteiger charge is 2.09. The molecule has 1 aromatic carbocycles. The predicted octanol–water partition coefficient (Wildman–Crippen LogP) is 3.96. The number of esters is 1. The lowest BCUT2D eigenvalue weighted by Crippen LogP contribution is -2.11. The summed E-state index contributed by atoms with van der Waals surface area (Å²) in [5.74, 6) is -0.492. The molecule has 0 atom stereocenters. The molecule has 0 spiro atoms. The van der Waals surface area contributed by atoms with E-state index in [1.165, 1.54) is 11.3 Å². The minimum atomic E-state index is -0.334. The Kier molecular flexibility index (Phi) is 5.51. The first-order valence-corrected chi connectivity index (χ1v) is 7.75. The molecule has 5 heteroatoms. The van der Waals surface area contributed by atoms with Crippen molar-refractivity contribution in [3.05, 3.63) is 52.2 Å². The van der Waals surface area contributed by atoms with E-state index in [-0.39, 0.29) is 11.9 Å². The van der Waals surface area contributed by atoms with Crippen molar-refractivity contribution in [2.24, 2.45) is 0 Å². The second kappa shape index (κ2) is 7.59. The van der Waals surface area contributed by atoms with Gasteiger partial charge in [-0.2, -0.15) is 11.3 Å². The van der Waals surface area contributed by atoms with Crippen molar-refractivity contribution in [1.29, 1.82) is 0 Å². The first-order valence-electron chi connectivity index (χ1n) is 6.81. The van der Waals surface area contributed by atoms with Gasteiger partial charge < -0.3 is 10.1 Å². The Morgan fingerprint density at radius 2 is 1.90 bits per heavy atom. The highest BCUT2D eigenvalue weighted by Crippen LogP contribution is 2.13. The van der Waals surface area contributed by atoms with Gasteiger partial charge in [-0.05, 0) is 42.1 Å². The largest absolute Gasteiger partial charge is 0.462 e. The minimum Gasteiger partial charge on any atom is -0.462 e. The normalized spacial score (nSPS) is 10.1. The first-order chi connectivity index (χ1) is 10.2. The summed E-state index contributed by atoms with van der Waals surface area (Å²) in [6.45, 7) is 2.48. The van der Waals surface area contributed by atoms with Crippen LogP contribution in [0.5, 0.6) is 0 Å². The number of hydrogen-bond acceptors (Lipinski definition) is 4. The number of ether oxygens (including phenoxy) is 1. The van der Waals surface area contributed by atoms with E-state index in [9.17, 15) is 9.59 Å². The van der Waals surface area contributed by atoms with Crippen LogP contribution < -0.4 is 5.32 Å². The summed E-state index contributed by atoms with van der Waals surface area (Å²) in [7, 11) is 0. The van der Waals surface area contributed by atoms with Crippen molar-refractivity contribution in [2.45, 2.75) is 19.8 Å². The summed E-state index contributed by atoms with van der Waals surface area (Å²) in [5, 5.41) is 6.42. The Hall–Kier alpha value is -2.14. The van der Waals surface area contributed by atoms with Gasteiger partial charge in [0.1, 0.15) is 0 Å². The van der Waals surface area contributed by atoms with E-state index < -0.39 is 0 Å². The molecule has 110 valence electrons. The smallest absolute Gasteiger partial charge is 0.338 e. The molecule has 21 heavy (non-hydrogen) atoms. The SMILES string of the molecule is CCCCOC(=O)c1ccc(NC(=O)c2ccsc2)cc1. The van der Waals surface area contributed by atoms with Gasteiger partial charge in [0, 0.05) is 11.1 Å². The molecule has 2 rings (SSSR count). The zero-order valence-corrected chi connectivity index (χ0v) is 12.6. The maximum absolute atomic E-state index is 11.9. The van der Waals surface area contributed by atoms with Gasteiger partial charge in [-0.15, -0.1) is 0 Å². The third-order valence-corrected chi connectivity index (χ3v) is 3.58. The van der Waals surface area contributed by atoms with Crippen LogP contribution in [0.3, 0.4) is 0 Å². The number of unbranched alkanes of at least 4 members (excludes halogenated alkanes) is 1. The third-order valence-electron chi connectivity index (χ3n) is 2.89. The highest BCUT2D eigenvalue weighted by atomic mass is 32.1. The van der Waals surface area contributed by atoms with Crippen LogP contribution in [0.25, 0.3) is 0 Å². The number of thiophene rings is 1. The van der Waals surface area contributed by atoms with Crippen molar-refractivity contribution in [2.75, 3.05) is 11.9 Å². The summed E-state index contributed by atoms with van der Waals surface area (Å²) in [5.41, 5.74) is 1.76. The number of anilines is 1. The summed E-state index contributed by atoms with van der Waals surface area (Å²) in [6.07, 6.45) is 1.85. The van der Waals surface area contributed by atoms with E-state index in [0.717, 1.165) is 12.8 Å². The highest BCUT2D eigenvalue weighted by molar-refractivity contribution is 7.08. The van der Waals surface area contributed by atoms with Gasteiger partial charge in [0.15, 0.2) is 0 Å². The molecule has 0 fully saturated rings. The van der Waals surface area contributed by atoms with Crippen molar-refractivity contribution >= 4 is 28.9 Å². The van der Waals surface area contributed by atoms with Crippen LogP contribution in [0, 0.1) is 0 Å². The number of nitrogens with one attached hydrogen (secondary N) is 1. The quantitative estimate of drug-likeness (QED) is 0.649. The summed E-state index contributed by atoms with van der Waals surface area (Å²) < 4.78 is 5.12. The van der Waals surface area contributed by atoms with E-state index in [0.29, 0.717) is 23.4 Å². The summed E-state index contributed by atoms with van der Waals surface area (Å²) in [4.78, 5) is 23.6. The Bertz CT molecular complexity index is 590. The molecule has 0 saturated heterocycles. The maximum atomic E-state index is 11.9. The van der Waals surface area contributed by atoms with Crippen LogP contribution in [0.1, 0.15) is 40.5 Å². The van der Waals surface area contributed by atoms with Crippen molar-refractivity contribution < 1.29 is 14.3 Å². The molecule has 1 N–H and O–H groups in total. The van der Waals surface area contributed by atoms with Crippen LogP contribution in [-0.4, -0.2) is 18.5 Å². The van der Waals surface area contributed by atoms with Gasteiger partial charge in [-0.1, -0.05) is 13.3 Å².